The van der Waals surface area contributed by atoms with E-state index >= 15 is 0 Å². The van der Waals surface area contributed by atoms with E-state index in [1.165, 1.54) is 75.1 Å². The summed E-state index contributed by atoms with van der Waals surface area (Å²) in [6.45, 7) is 16.9. The van der Waals surface area contributed by atoms with Crippen LogP contribution in [0, 0.1) is 0 Å². The fourth-order valence-corrected chi connectivity index (χ4v) is 6.39. The van der Waals surface area contributed by atoms with Crippen molar-refractivity contribution in [1.29, 1.82) is 0 Å². The summed E-state index contributed by atoms with van der Waals surface area (Å²) in [6, 6.07) is 7.30. The number of benzene rings is 1. The lowest BCUT2D eigenvalue weighted by molar-refractivity contribution is -0.150. The van der Waals surface area contributed by atoms with E-state index in [1.54, 1.807) is 11.1 Å². The van der Waals surface area contributed by atoms with Crippen molar-refractivity contribution in [3.8, 4) is 0 Å². The molecule has 3 aliphatic rings. The van der Waals surface area contributed by atoms with Gasteiger partial charge < -0.3 is 19.3 Å². The normalized spacial score (nSPS) is 21.6. The Labute approximate surface area is 231 Å². The molecule has 1 aromatic carbocycles. The molecule has 1 aliphatic carbocycles. The molecule has 3 fully saturated rings. The summed E-state index contributed by atoms with van der Waals surface area (Å²) in [5.41, 5.74) is 7.59. The molecule has 0 unspecified atom stereocenters. The van der Waals surface area contributed by atoms with Crippen LogP contribution in [0.5, 0.6) is 0 Å². The second-order valence-corrected chi connectivity index (χ2v) is 11.6. The van der Waals surface area contributed by atoms with Gasteiger partial charge >= 0.3 is 5.97 Å². The summed E-state index contributed by atoms with van der Waals surface area (Å²) in [5.74, 6) is 0.377. The summed E-state index contributed by atoms with van der Waals surface area (Å²) in [7, 11) is 0. The Balaban J connectivity index is 1.44. The molecule has 0 aromatic heterocycles. The maximum Gasteiger partial charge on any atom is 0.332 e. The van der Waals surface area contributed by atoms with E-state index < -0.39 is 0 Å². The van der Waals surface area contributed by atoms with Crippen LogP contribution in [0.15, 0.2) is 29.3 Å². The zero-order chi connectivity index (χ0) is 26.9. The molecule has 0 N–H and O–H groups in total. The largest absolute Gasteiger partial charge is 0.464 e. The minimum atomic E-state index is -0.259. The first-order valence-corrected chi connectivity index (χ1v) is 15.3. The predicted octanol–water partition coefficient (Wildman–Crippen LogP) is 6.15. The van der Waals surface area contributed by atoms with E-state index in [-0.39, 0.29) is 18.7 Å². The SMILES string of the molecule is CCCCN1CCN(c2ccc(N3CCC(OCC(=O)OCC)CC3)cc2C2CCC(=C(C)C)CC2)CC1. The topological polar surface area (TPSA) is 45.2 Å². The second kappa shape index (κ2) is 14.4. The molecule has 0 radical (unpaired) electrons. The fraction of sp³-hybridized carbons (Fsp3) is 0.719. The van der Waals surface area contributed by atoms with E-state index in [0.717, 1.165) is 39.0 Å². The van der Waals surface area contributed by atoms with Crippen molar-refractivity contribution in [1.82, 2.24) is 4.90 Å². The van der Waals surface area contributed by atoms with E-state index in [9.17, 15) is 4.79 Å². The molecule has 0 spiro atoms. The molecule has 2 heterocycles. The molecule has 38 heavy (non-hydrogen) atoms. The number of anilines is 2. The summed E-state index contributed by atoms with van der Waals surface area (Å²) in [5, 5.41) is 0. The number of esters is 1. The summed E-state index contributed by atoms with van der Waals surface area (Å²) in [4.78, 5) is 19.5. The highest BCUT2D eigenvalue weighted by Gasteiger charge is 2.27. The van der Waals surface area contributed by atoms with E-state index in [4.69, 9.17) is 9.47 Å². The number of ether oxygens (including phenoxy) is 2. The Morgan fingerprint density at radius 1 is 0.921 bits per heavy atom. The lowest BCUT2D eigenvalue weighted by Gasteiger charge is -2.39. The van der Waals surface area contributed by atoms with Crippen molar-refractivity contribution >= 4 is 17.3 Å². The van der Waals surface area contributed by atoms with Crippen LogP contribution in [0.1, 0.15) is 90.5 Å². The highest BCUT2D eigenvalue weighted by atomic mass is 16.6. The zero-order valence-corrected chi connectivity index (χ0v) is 24.5. The molecular formula is C32H51N3O3. The number of allylic oxidation sites excluding steroid dienone is 2. The Morgan fingerprint density at radius 3 is 2.26 bits per heavy atom. The molecule has 2 aliphatic heterocycles. The van der Waals surface area contributed by atoms with E-state index in [2.05, 4.69) is 53.7 Å². The molecule has 0 bridgehead atoms. The van der Waals surface area contributed by atoms with Crippen molar-refractivity contribution < 1.29 is 14.3 Å². The molecule has 0 amide bonds. The molecule has 212 valence electrons. The number of piperidine rings is 1. The van der Waals surface area contributed by atoms with Crippen LogP contribution in [-0.4, -0.2) is 76.0 Å². The van der Waals surface area contributed by atoms with Crippen LogP contribution in [0.2, 0.25) is 0 Å². The number of piperazine rings is 1. The fourth-order valence-electron chi connectivity index (χ4n) is 6.39. The van der Waals surface area contributed by atoms with Crippen LogP contribution in [-0.2, 0) is 14.3 Å². The molecule has 4 rings (SSSR count). The lowest BCUT2D eigenvalue weighted by atomic mass is 9.79. The van der Waals surface area contributed by atoms with E-state index in [0.29, 0.717) is 12.5 Å². The van der Waals surface area contributed by atoms with Crippen molar-refractivity contribution in [3.05, 3.63) is 34.9 Å². The van der Waals surface area contributed by atoms with Crippen molar-refractivity contribution in [3.63, 3.8) is 0 Å². The first-order chi connectivity index (χ1) is 18.5. The number of carbonyl (C=O) groups excluding carboxylic acids is 1. The van der Waals surface area contributed by atoms with Gasteiger partial charge in [-0.3, -0.25) is 4.90 Å². The Kier molecular flexibility index (Phi) is 10.9. The van der Waals surface area contributed by atoms with Gasteiger partial charge in [-0.2, -0.15) is 0 Å². The predicted molar refractivity (Wildman–Crippen MR) is 157 cm³/mol. The standard InChI is InChI=1S/C32H51N3O3/c1-5-7-16-33-19-21-35(22-20-33)31-13-12-28(23-30(31)27-10-8-26(9-11-27)25(3)4)34-17-14-29(15-18-34)38-24-32(36)37-6-2/h12-13,23,27,29H,5-11,14-22,24H2,1-4H3. The highest BCUT2D eigenvalue weighted by molar-refractivity contribution is 5.70. The number of hydrogen-bond donors (Lipinski definition) is 0. The number of unbranched alkanes of at least 4 members (excludes halogenated alkanes) is 1. The third-order valence-corrected chi connectivity index (χ3v) is 8.84. The molecule has 1 aromatic rings. The van der Waals surface area contributed by atoms with Crippen LogP contribution >= 0.6 is 0 Å². The molecule has 1 saturated carbocycles. The van der Waals surface area contributed by atoms with Gasteiger partial charge in [0.2, 0.25) is 0 Å². The third kappa shape index (κ3) is 7.75. The Bertz CT molecular complexity index is 916. The van der Waals surface area contributed by atoms with Crippen LogP contribution in [0.25, 0.3) is 0 Å². The van der Waals surface area contributed by atoms with E-state index in [1.807, 2.05) is 6.92 Å². The average Bonchev–Trinajstić information content (AvgIpc) is 2.95. The quantitative estimate of drug-likeness (QED) is 0.270. The average molecular weight is 526 g/mol. The Hall–Kier alpha value is -2.05. The maximum absolute atomic E-state index is 11.7. The van der Waals surface area contributed by atoms with Gasteiger partial charge in [0, 0.05) is 50.6 Å². The second-order valence-electron chi connectivity index (χ2n) is 11.6. The molecular weight excluding hydrogens is 474 g/mol. The van der Waals surface area contributed by atoms with Gasteiger partial charge in [-0.25, -0.2) is 4.79 Å². The molecule has 6 heteroatoms. The molecule has 6 nitrogen and oxygen atoms in total. The van der Waals surface area contributed by atoms with Crippen molar-refractivity contribution in [2.45, 2.75) is 91.1 Å². The van der Waals surface area contributed by atoms with Crippen LogP contribution in [0.4, 0.5) is 11.4 Å². The number of rotatable bonds is 10. The highest BCUT2D eigenvalue weighted by Crippen LogP contribution is 2.42. The van der Waals surface area contributed by atoms with Gasteiger partial charge in [0.1, 0.15) is 6.61 Å². The zero-order valence-electron chi connectivity index (χ0n) is 24.5. The van der Waals surface area contributed by atoms with Gasteiger partial charge in [-0.15, -0.1) is 0 Å². The minimum absolute atomic E-state index is 0.0679. The van der Waals surface area contributed by atoms with Crippen LogP contribution < -0.4 is 9.80 Å². The summed E-state index contributed by atoms with van der Waals surface area (Å²) < 4.78 is 10.9. The molecule has 2 saturated heterocycles. The minimum Gasteiger partial charge on any atom is -0.464 e. The van der Waals surface area contributed by atoms with Crippen molar-refractivity contribution in [2.24, 2.45) is 0 Å². The summed E-state index contributed by atoms with van der Waals surface area (Å²) in [6.07, 6.45) is 9.62. The Morgan fingerprint density at radius 2 is 1.63 bits per heavy atom. The molecule has 0 atom stereocenters. The van der Waals surface area contributed by atoms with Gasteiger partial charge in [-0.1, -0.05) is 24.5 Å². The van der Waals surface area contributed by atoms with Crippen molar-refractivity contribution in [2.75, 3.05) is 68.8 Å². The van der Waals surface area contributed by atoms with Gasteiger partial charge in [0.25, 0.3) is 0 Å². The lowest BCUT2D eigenvalue weighted by Crippen LogP contribution is -2.47. The summed E-state index contributed by atoms with van der Waals surface area (Å²) >= 11 is 0. The van der Waals surface area contributed by atoms with Gasteiger partial charge in [0.05, 0.1) is 12.7 Å². The first-order valence-electron chi connectivity index (χ1n) is 15.3. The first kappa shape index (κ1) is 28.9. The van der Waals surface area contributed by atoms with Crippen LogP contribution in [0.3, 0.4) is 0 Å². The van der Waals surface area contributed by atoms with Gasteiger partial charge in [-0.05, 0) is 102 Å². The monoisotopic (exact) mass is 525 g/mol. The smallest absolute Gasteiger partial charge is 0.332 e. The number of nitrogens with zero attached hydrogens (tertiary/aromatic N) is 3. The maximum atomic E-state index is 11.7. The number of carbonyl (C=O) groups is 1. The van der Waals surface area contributed by atoms with Gasteiger partial charge in [0.15, 0.2) is 0 Å². The number of hydrogen-bond acceptors (Lipinski definition) is 6. The third-order valence-electron chi connectivity index (χ3n) is 8.84.